The van der Waals surface area contributed by atoms with Crippen molar-refractivity contribution in [3.8, 4) is 11.1 Å². The van der Waals surface area contributed by atoms with E-state index in [4.69, 9.17) is 9.72 Å². The number of hydrogen-bond donors (Lipinski definition) is 1. The lowest BCUT2D eigenvalue weighted by Gasteiger charge is -2.20. The molecule has 1 N–H and O–H groups in total. The van der Waals surface area contributed by atoms with Crippen LogP contribution in [0.5, 0.6) is 0 Å². The van der Waals surface area contributed by atoms with E-state index in [0.717, 1.165) is 72.4 Å². The number of ether oxygens (including phenoxy) is 1. The first-order valence-corrected chi connectivity index (χ1v) is 13.9. The average molecular weight is 512 g/mol. The first-order valence-electron chi connectivity index (χ1n) is 13.9. The maximum absolute atomic E-state index is 12.9. The SMILES string of the molecule is CCCCNc1ccc2nc(CCCC)n(Cc3ccc(-c4ccccc4C(=O)OC(C)(C)C)cc3)c2c1. The van der Waals surface area contributed by atoms with Crippen molar-refractivity contribution in [2.75, 3.05) is 11.9 Å². The summed E-state index contributed by atoms with van der Waals surface area (Å²) in [6.07, 6.45) is 5.55. The minimum absolute atomic E-state index is 0.300. The number of benzene rings is 3. The largest absolute Gasteiger partial charge is 0.456 e. The Morgan fingerprint density at radius 1 is 0.947 bits per heavy atom. The molecule has 0 aliphatic carbocycles. The van der Waals surface area contributed by atoms with Crippen molar-refractivity contribution >= 4 is 22.7 Å². The number of anilines is 1. The minimum Gasteiger partial charge on any atom is -0.456 e. The van der Waals surface area contributed by atoms with Crippen molar-refractivity contribution in [1.29, 1.82) is 0 Å². The van der Waals surface area contributed by atoms with Crippen LogP contribution in [0.25, 0.3) is 22.2 Å². The third kappa shape index (κ3) is 6.83. The first kappa shape index (κ1) is 27.4. The highest BCUT2D eigenvalue weighted by Gasteiger charge is 2.20. The molecule has 5 nitrogen and oxygen atoms in total. The van der Waals surface area contributed by atoms with E-state index in [1.807, 2.05) is 45.0 Å². The molecule has 1 aromatic heterocycles. The summed E-state index contributed by atoms with van der Waals surface area (Å²) >= 11 is 0. The van der Waals surface area contributed by atoms with Crippen LogP contribution in [-0.2, 0) is 17.7 Å². The molecule has 0 radical (unpaired) electrons. The number of carbonyl (C=O) groups excluding carboxylic acids is 1. The van der Waals surface area contributed by atoms with Crippen LogP contribution in [0.1, 0.15) is 82.0 Å². The molecule has 200 valence electrons. The van der Waals surface area contributed by atoms with Crippen LogP contribution < -0.4 is 5.32 Å². The Bertz CT molecular complexity index is 1360. The van der Waals surface area contributed by atoms with Gasteiger partial charge >= 0.3 is 5.97 Å². The Kier molecular flexibility index (Phi) is 8.88. The molecular formula is C33H41N3O2. The molecule has 0 unspecified atom stereocenters. The number of hydrogen-bond acceptors (Lipinski definition) is 4. The van der Waals surface area contributed by atoms with Gasteiger partial charge in [0.1, 0.15) is 11.4 Å². The molecule has 3 aromatic carbocycles. The van der Waals surface area contributed by atoms with Crippen LogP contribution in [0.4, 0.5) is 5.69 Å². The number of rotatable bonds is 11. The molecule has 5 heteroatoms. The summed E-state index contributed by atoms with van der Waals surface area (Å²) in [6.45, 7) is 11.8. The van der Waals surface area contributed by atoms with Gasteiger partial charge in [0.25, 0.3) is 0 Å². The number of nitrogens with zero attached hydrogens (tertiary/aromatic N) is 2. The second-order valence-corrected chi connectivity index (χ2v) is 10.9. The number of unbranched alkanes of at least 4 members (excludes halogenated alkanes) is 2. The van der Waals surface area contributed by atoms with Gasteiger partial charge in [0.05, 0.1) is 16.6 Å². The fourth-order valence-corrected chi connectivity index (χ4v) is 4.61. The average Bonchev–Trinajstić information content (AvgIpc) is 3.23. The van der Waals surface area contributed by atoms with Gasteiger partial charge in [0.2, 0.25) is 0 Å². The number of aromatic nitrogens is 2. The van der Waals surface area contributed by atoms with Crippen LogP contribution in [0, 0.1) is 0 Å². The molecule has 0 bridgehead atoms. The standard InChI is InChI=1S/C33H41N3O2/c1-6-8-14-31-35-29-20-19-26(34-21-9-7-2)22-30(29)36(31)23-24-15-17-25(18-16-24)27-12-10-11-13-28(27)32(37)38-33(3,4)5/h10-13,15-20,22,34H,6-9,14,21,23H2,1-5H3. The van der Waals surface area contributed by atoms with E-state index in [9.17, 15) is 4.79 Å². The number of imidazole rings is 1. The number of nitrogens with one attached hydrogen (secondary N) is 1. The van der Waals surface area contributed by atoms with Crippen LogP contribution in [0.15, 0.2) is 66.7 Å². The lowest BCUT2D eigenvalue weighted by atomic mass is 9.98. The highest BCUT2D eigenvalue weighted by atomic mass is 16.6. The van der Waals surface area contributed by atoms with E-state index in [2.05, 4.69) is 66.2 Å². The van der Waals surface area contributed by atoms with Gasteiger partial charge in [-0.3, -0.25) is 0 Å². The van der Waals surface area contributed by atoms with E-state index in [-0.39, 0.29) is 5.97 Å². The highest BCUT2D eigenvalue weighted by Crippen LogP contribution is 2.28. The second-order valence-electron chi connectivity index (χ2n) is 10.9. The van der Waals surface area contributed by atoms with E-state index < -0.39 is 5.60 Å². The highest BCUT2D eigenvalue weighted by molar-refractivity contribution is 5.97. The predicted molar refractivity (Wildman–Crippen MR) is 158 cm³/mol. The molecule has 0 saturated heterocycles. The quantitative estimate of drug-likeness (QED) is 0.163. The van der Waals surface area contributed by atoms with E-state index in [1.54, 1.807) is 0 Å². The molecule has 4 rings (SSSR count). The molecular weight excluding hydrogens is 470 g/mol. The fourth-order valence-electron chi connectivity index (χ4n) is 4.61. The summed E-state index contributed by atoms with van der Waals surface area (Å²) in [4.78, 5) is 17.8. The van der Waals surface area contributed by atoms with Crippen molar-refractivity contribution in [2.24, 2.45) is 0 Å². The van der Waals surface area contributed by atoms with Crippen LogP contribution in [0.2, 0.25) is 0 Å². The zero-order valence-corrected chi connectivity index (χ0v) is 23.5. The van der Waals surface area contributed by atoms with Crippen LogP contribution in [-0.4, -0.2) is 27.7 Å². The lowest BCUT2D eigenvalue weighted by Crippen LogP contribution is -2.24. The summed E-state index contributed by atoms with van der Waals surface area (Å²) < 4.78 is 8.01. The zero-order valence-electron chi connectivity index (χ0n) is 23.5. The van der Waals surface area contributed by atoms with Gasteiger partial charge in [0.15, 0.2) is 0 Å². The number of esters is 1. The predicted octanol–water partition coefficient (Wildman–Crippen LogP) is 8.26. The molecule has 0 amide bonds. The Labute approximate surface area is 227 Å². The number of carbonyl (C=O) groups is 1. The Morgan fingerprint density at radius 3 is 2.39 bits per heavy atom. The van der Waals surface area contributed by atoms with Crippen molar-refractivity contribution in [3.63, 3.8) is 0 Å². The molecule has 0 saturated carbocycles. The first-order chi connectivity index (χ1) is 18.3. The third-order valence-electron chi connectivity index (χ3n) is 6.59. The number of fused-ring (bicyclic) bond motifs is 1. The zero-order chi connectivity index (χ0) is 27.1. The molecule has 0 fully saturated rings. The van der Waals surface area contributed by atoms with Gasteiger partial charge in [-0.1, -0.05) is 69.2 Å². The molecule has 0 atom stereocenters. The van der Waals surface area contributed by atoms with Crippen LogP contribution in [0.3, 0.4) is 0 Å². The van der Waals surface area contributed by atoms with E-state index >= 15 is 0 Å². The second kappa shape index (κ2) is 12.3. The molecule has 4 aromatic rings. The Morgan fingerprint density at radius 2 is 1.68 bits per heavy atom. The summed E-state index contributed by atoms with van der Waals surface area (Å²) in [6, 6.07) is 22.7. The van der Waals surface area contributed by atoms with E-state index in [1.165, 1.54) is 12.0 Å². The molecule has 0 aliphatic heterocycles. The lowest BCUT2D eigenvalue weighted by molar-refractivity contribution is 0.00704. The van der Waals surface area contributed by atoms with Crippen molar-refractivity contribution < 1.29 is 9.53 Å². The van der Waals surface area contributed by atoms with Gasteiger partial charge in [-0.05, 0) is 74.6 Å². The monoisotopic (exact) mass is 511 g/mol. The van der Waals surface area contributed by atoms with Gasteiger partial charge in [0, 0.05) is 25.2 Å². The van der Waals surface area contributed by atoms with Gasteiger partial charge < -0.3 is 14.6 Å². The van der Waals surface area contributed by atoms with E-state index in [0.29, 0.717) is 5.56 Å². The van der Waals surface area contributed by atoms with Crippen molar-refractivity contribution in [1.82, 2.24) is 9.55 Å². The molecule has 0 aliphatic rings. The number of aryl methyl sites for hydroxylation is 1. The summed E-state index contributed by atoms with van der Waals surface area (Å²) in [5.41, 5.74) is 6.47. The fraction of sp³-hybridized carbons (Fsp3) is 0.394. The summed E-state index contributed by atoms with van der Waals surface area (Å²) in [5, 5.41) is 3.56. The molecule has 1 heterocycles. The normalized spacial score (nSPS) is 11.6. The van der Waals surface area contributed by atoms with Crippen molar-refractivity contribution in [2.45, 2.75) is 78.9 Å². The maximum atomic E-state index is 12.9. The summed E-state index contributed by atoms with van der Waals surface area (Å²) in [7, 11) is 0. The third-order valence-corrected chi connectivity index (χ3v) is 6.59. The Hall–Kier alpha value is -3.60. The summed E-state index contributed by atoms with van der Waals surface area (Å²) in [5.74, 6) is 0.831. The molecule has 38 heavy (non-hydrogen) atoms. The smallest absolute Gasteiger partial charge is 0.339 e. The Balaban J connectivity index is 1.62. The van der Waals surface area contributed by atoms with Crippen molar-refractivity contribution in [3.05, 3.63) is 83.7 Å². The topological polar surface area (TPSA) is 56.2 Å². The van der Waals surface area contributed by atoms with Gasteiger partial charge in [-0.15, -0.1) is 0 Å². The van der Waals surface area contributed by atoms with Gasteiger partial charge in [-0.2, -0.15) is 0 Å². The maximum Gasteiger partial charge on any atom is 0.339 e. The minimum atomic E-state index is -0.539. The molecule has 0 spiro atoms. The van der Waals surface area contributed by atoms with Gasteiger partial charge in [-0.25, -0.2) is 9.78 Å². The van der Waals surface area contributed by atoms with Crippen LogP contribution >= 0.6 is 0 Å².